The molecule has 0 bridgehead atoms. The van der Waals surface area contributed by atoms with Gasteiger partial charge >= 0.3 is 0 Å². The van der Waals surface area contributed by atoms with Gasteiger partial charge in [0.15, 0.2) is 0 Å². The molecule has 0 spiro atoms. The van der Waals surface area contributed by atoms with Crippen molar-refractivity contribution in [1.82, 2.24) is 5.32 Å². The molecule has 18 heavy (non-hydrogen) atoms. The van der Waals surface area contributed by atoms with E-state index >= 15 is 0 Å². The third kappa shape index (κ3) is 2.69. The quantitative estimate of drug-likeness (QED) is 0.834. The monoisotopic (exact) mass is 265 g/mol. The Balaban J connectivity index is 2.15. The molecule has 1 aliphatic rings. The number of fused-ring (bicyclic) bond motifs is 1. The maximum atomic E-state index is 12.2. The van der Waals surface area contributed by atoms with Crippen molar-refractivity contribution in [1.29, 1.82) is 0 Å². The number of rotatable bonds is 3. The first-order valence-corrected chi connectivity index (χ1v) is 7.03. The highest BCUT2D eigenvalue weighted by molar-refractivity contribution is 6.19. The summed E-state index contributed by atoms with van der Waals surface area (Å²) in [5.41, 5.74) is 2.12. The SMILES string of the molecule is CC(C)(CCl)C(=O)NC1CCCc2ccccc21. The average Bonchev–Trinajstić information content (AvgIpc) is 2.39. The van der Waals surface area contributed by atoms with Gasteiger partial charge in [0.25, 0.3) is 0 Å². The van der Waals surface area contributed by atoms with Crippen molar-refractivity contribution in [3.8, 4) is 0 Å². The van der Waals surface area contributed by atoms with Crippen LogP contribution in [0.5, 0.6) is 0 Å². The van der Waals surface area contributed by atoms with E-state index in [-0.39, 0.29) is 11.9 Å². The van der Waals surface area contributed by atoms with Crippen LogP contribution in [-0.2, 0) is 11.2 Å². The van der Waals surface area contributed by atoms with Crippen molar-refractivity contribution >= 4 is 17.5 Å². The van der Waals surface area contributed by atoms with E-state index in [0.717, 1.165) is 19.3 Å². The molecule has 2 rings (SSSR count). The lowest BCUT2D eigenvalue weighted by Crippen LogP contribution is -2.41. The Kier molecular flexibility index (Phi) is 3.96. The molecular formula is C15H20ClNO. The summed E-state index contributed by atoms with van der Waals surface area (Å²) in [6.45, 7) is 3.76. The first-order chi connectivity index (χ1) is 8.54. The van der Waals surface area contributed by atoms with Gasteiger partial charge in [0, 0.05) is 5.88 Å². The van der Waals surface area contributed by atoms with Crippen LogP contribution in [-0.4, -0.2) is 11.8 Å². The highest BCUT2D eigenvalue weighted by atomic mass is 35.5. The van der Waals surface area contributed by atoms with E-state index < -0.39 is 5.41 Å². The minimum Gasteiger partial charge on any atom is -0.349 e. The summed E-state index contributed by atoms with van der Waals surface area (Å²) in [7, 11) is 0. The van der Waals surface area contributed by atoms with Crippen LogP contribution in [0.25, 0.3) is 0 Å². The zero-order valence-electron chi connectivity index (χ0n) is 11.0. The highest BCUT2D eigenvalue weighted by Gasteiger charge is 2.30. The van der Waals surface area contributed by atoms with Crippen molar-refractivity contribution in [2.75, 3.05) is 5.88 Å². The van der Waals surface area contributed by atoms with Crippen molar-refractivity contribution < 1.29 is 4.79 Å². The summed E-state index contributed by atoms with van der Waals surface area (Å²) in [6.07, 6.45) is 3.26. The van der Waals surface area contributed by atoms with E-state index in [2.05, 4.69) is 23.5 Å². The standard InChI is InChI=1S/C15H20ClNO/c1-15(2,10-16)14(18)17-13-9-5-7-11-6-3-4-8-12(11)13/h3-4,6,8,13H,5,7,9-10H2,1-2H3,(H,17,18). The van der Waals surface area contributed by atoms with Crippen LogP contribution >= 0.6 is 11.6 Å². The van der Waals surface area contributed by atoms with Crippen molar-refractivity contribution in [3.05, 3.63) is 35.4 Å². The van der Waals surface area contributed by atoms with Crippen molar-refractivity contribution in [2.45, 2.75) is 39.2 Å². The topological polar surface area (TPSA) is 29.1 Å². The van der Waals surface area contributed by atoms with E-state index in [1.807, 2.05) is 19.9 Å². The third-order valence-corrected chi connectivity index (χ3v) is 4.29. The maximum Gasteiger partial charge on any atom is 0.227 e. The summed E-state index contributed by atoms with van der Waals surface area (Å²) in [5.74, 6) is 0.381. The van der Waals surface area contributed by atoms with Crippen LogP contribution in [0.1, 0.15) is 43.9 Å². The molecule has 1 atom stereocenters. The fourth-order valence-corrected chi connectivity index (χ4v) is 2.44. The number of aryl methyl sites for hydroxylation is 1. The number of benzene rings is 1. The molecule has 1 N–H and O–H groups in total. The Morgan fingerprint density at radius 1 is 1.44 bits per heavy atom. The second-order valence-electron chi connectivity index (χ2n) is 5.63. The Labute approximate surface area is 114 Å². The molecule has 3 heteroatoms. The number of hydrogen-bond acceptors (Lipinski definition) is 1. The van der Waals surface area contributed by atoms with E-state index in [4.69, 9.17) is 11.6 Å². The maximum absolute atomic E-state index is 12.2. The van der Waals surface area contributed by atoms with Gasteiger partial charge in [-0.3, -0.25) is 4.79 Å². The van der Waals surface area contributed by atoms with Crippen LogP contribution < -0.4 is 5.32 Å². The summed E-state index contributed by atoms with van der Waals surface area (Å²) in [4.78, 5) is 12.2. The third-order valence-electron chi connectivity index (χ3n) is 3.62. The molecule has 0 radical (unpaired) electrons. The summed E-state index contributed by atoms with van der Waals surface area (Å²) < 4.78 is 0. The molecule has 1 unspecified atom stereocenters. The Bertz CT molecular complexity index is 442. The molecule has 1 aliphatic carbocycles. The van der Waals surface area contributed by atoms with Gasteiger partial charge in [-0.25, -0.2) is 0 Å². The van der Waals surface area contributed by atoms with E-state index in [9.17, 15) is 4.79 Å². The predicted octanol–water partition coefficient (Wildman–Crippen LogP) is 3.45. The largest absolute Gasteiger partial charge is 0.349 e. The molecule has 0 heterocycles. The smallest absolute Gasteiger partial charge is 0.227 e. The zero-order valence-corrected chi connectivity index (χ0v) is 11.8. The number of hydrogen-bond donors (Lipinski definition) is 1. The molecule has 0 aromatic heterocycles. The lowest BCUT2D eigenvalue weighted by atomic mass is 9.86. The van der Waals surface area contributed by atoms with Crippen LogP contribution in [0.4, 0.5) is 0 Å². The second kappa shape index (κ2) is 5.31. The highest BCUT2D eigenvalue weighted by Crippen LogP contribution is 2.30. The fourth-order valence-electron chi connectivity index (χ4n) is 2.32. The van der Waals surface area contributed by atoms with Gasteiger partial charge in [0.2, 0.25) is 5.91 Å². The predicted molar refractivity (Wildman–Crippen MR) is 74.8 cm³/mol. The number of nitrogens with one attached hydrogen (secondary N) is 1. The summed E-state index contributed by atoms with van der Waals surface area (Å²) in [6, 6.07) is 8.51. The molecule has 0 aliphatic heterocycles. The number of alkyl halides is 1. The fraction of sp³-hybridized carbons (Fsp3) is 0.533. The average molecular weight is 266 g/mol. The molecule has 0 saturated carbocycles. The molecule has 1 amide bonds. The lowest BCUT2D eigenvalue weighted by molar-refractivity contribution is -0.129. The number of amides is 1. The Morgan fingerprint density at radius 2 is 2.17 bits per heavy atom. The van der Waals surface area contributed by atoms with Crippen molar-refractivity contribution in [3.63, 3.8) is 0 Å². The zero-order chi connectivity index (χ0) is 13.2. The van der Waals surface area contributed by atoms with Gasteiger partial charge in [-0.1, -0.05) is 24.3 Å². The number of halogens is 1. The molecular weight excluding hydrogens is 246 g/mol. The molecule has 0 fully saturated rings. The van der Waals surface area contributed by atoms with E-state index in [1.165, 1.54) is 11.1 Å². The van der Waals surface area contributed by atoms with Gasteiger partial charge in [-0.2, -0.15) is 0 Å². The van der Waals surface area contributed by atoms with Crippen molar-refractivity contribution in [2.24, 2.45) is 5.41 Å². The molecule has 0 saturated heterocycles. The summed E-state index contributed by atoms with van der Waals surface area (Å²) >= 11 is 5.85. The molecule has 1 aromatic carbocycles. The first-order valence-electron chi connectivity index (χ1n) is 6.49. The molecule has 2 nitrogen and oxygen atoms in total. The first kappa shape index (κ1) is 13.4. The van der Waals surface area contributed by atoms with Gasteiger partial charge < -0.3 is 5.32 Å². The minimum absolute atomic E-state index is 0.0409. The molecule has 1 aromatic rings. The van der Waals surface area contributed by atoms with Crippen LogP contribution in [0, 0.1) is 5.41 Å². The second-order valence-corrected chi connectivity index (χ2v) is 5.90. The van der Waals surface area contributed by atoms with Gasteiger partial charge in [0.05, 0.1) is 11.5 Å². The summed E-state index contributed by atoms with van der Waals surface area (Å²) in [5, 5.41) is 3.14. The van der Waals surface area contributed by atoms with Gasteiger partial charge in [-0.15, -0.1) is 11.6 Å². The Morgan fingerprint density at radius 3 is 2.89 bits per heavy atom. The lowest BCUT2D eigenvalue weighted by Gasteiger charge is -2.30. The molecule has 98 valence electrons. The van der Waals surface area contributed by atoms with E-state index in [1.54, 1.807) is 0 Å². The van der Waals surface area contributed by atoms with Gasteiger partial charge in [0.1, 0.15) is 0 Å². The van der Waals surface area contributed by atoms with Crippen LogP contribution in [0.15, 0.2) is 24.3 Å². The number of carbonyl (C=O) groups is 1. The normalized spacial score (nSPS) is 19.2. The minimum atomic E-state index is -0.506. The van der Waals surface area contributed by atoms with Crippen LogP contribution in [0.3, 0.4) is 0 Å². The van der Waals surface area contributed by atoms with E-state index in [0.29, 0.717) is 5.88 Å². The Hall–Kier alpha value is -1.02. The van der Waals surface area contributed by atoms with Gasteiger partial charge in [-0.05, 0) is 44.2 Å². The number of carbonyl (C=O) groups excluding carboxylic acids is 1. The van der Waals surface area contributed by atoms with Crippen LogP contribution in [0.2, 0.25) is 0 Å².